The zero-order valence-corrected chi connectivity index (χ0v) is 12.0. The van der Waals surface area contributed by atoms with Crippen molar-refractivity contribution in [3.8, 4) is 0 Å². The minimum atomic E-state index is -3.82. The molecule has 0 unspecified atom stereocenters. The van der Waals surface area contributed by atoms with Gasteiger partial charge in [0, 0.05) is 0 Å². The van der Waals surface area contributed by atoms with Gasteiger partial charge in [-0.2, -0.15) is 4.57 Å². The molecule has 1 aromatic rings. The lowest BCUT2D eigenvalue weighted by Gasteiger charge is -2.06. The smallest absolute Gasteiger partial charge is 0.441 e. The van der Waals surface area contributed by atoms with Crippen LogP contribution in [0.15, 0.2) is 12.4 Å². The highest BCUT2D eigenvalue weighted by molar-refractivity contribution is 8.07. The standard InChI is InChI=1S/C7H7Cl2N4O6P/c8-20(9,18)11-7(15)19-4-1-5(14)12-3-2-10-6(12)13(16)17/h2-3H,1,4H2,(H,11,15,18). The van der Waals surface area contributed by atoms with Crippen LogP contribution < -0.4 is 5.09 Å². The number of aromatic nitrogens is 2. The maximum atomic E-state index is 11.6. The molecule has 1 heterocycles. The topological polar surface area (TPSA) is 133 Å². The van der Waals surface area contributed by atoms with Crippen LogP contribution in [0.2, 0.25) is 0 Å². The van der Waals surface area contributed by atoms with E-state index in [1.165, 1.54) is 0 Å². The third kappa shape index (κ3) is 5.16. The van der Waals surface area contributed by atoms with Crippen molar-refractivity contribution in [2.75, 3.05) is 6.61 Å². The predicted octanol–water partition coefficient (Wildman–Crippen LogP) is 2.13. The minimum Gasteiger partial charge on any atom is -0.449 e. The summed E-state index contributed by atoms with van der Waals surface area (Å²) in [6.45, 7) is -0.409. The molecule has 0 radical (unpaired) electrons. The zero-order chi connectivity index (χ0) is 15.3. The number of carbonyl (C=O) groups excluding carboxylic acids is 2. The number of ether oxygens (including phenoxy) is 1. The first-order valence-corrected chi connectivity index (χ1v) is 8.38. The molecule has 0 aliphatic heterocycles. The van der Waals surface area contributed by atoms with E-state index in [0.29, 0.717) is 4.57 Å². The summed E-state index contributed by atoms with van der Waals surface area (Å²) in [4.78, 5) is 35.7. The minimum absolute atomic E-state index is 0.348. The van der Waals surface area contributed by atoms with Gasteiger partial charge in [0.2, 0.25) is 0 Å². The molecule has 10 nitrogen and oxygen atoms in total. The fourth-order valence-electron chi connectivity index (χ4n) is 1.12. The van der Waals surface area contributed by atoms with Gasteiger partial charge in [-0.15, -0.1) is 0 Å². The quantitative estimate of drug-likeness (QED) is 0.491. The Bertz CT molecular complexity index is 584. The van der Waals surface area contributed by atoms with E-state index in [1.807, 2.05) is 0 Å². The molecule has 0 fully saturated rings. The van der Waals surface area contributed by atoms with Gasteiger partial charge in [-0.1, -0.05) is 4.98 Å². The second-order valence-corrected chi connectivity index (χ2v) is 7.73. The monoisotopic (exact) mass is 344 g/mol. The van der Waals surface area contributed by atoms with E-state index in [9.17, 15) is 24.3 Å². The molecule has 0 aliphatic carbocycles. The largest absolute Gasteiger partial charge is 0.449 e. The van der Waals surface area contributed by atoms with Gasteiger partial charge in [0.1, 0.15) is 19.0 Å². The first-order valence-electron chi connectivity index (χ1n) is 4.86. The zero-order valence-electron chi connectivity index (χ0n) is 9.56. The number of rotatable bonds is 5. The molecule has 0 saturated carbocycles. The van der Waals surface area contributed by atoms with Crippen molar-refractivity contribution < 1.29 is 23.8 Å². The van der Waals surface area contributed by atoms with Crippen LogP contribution in [0, 0.1) is 10.1 Å². The number of nitro groups is 1. The van der Waals surface area contributed by atoms with Crippen molar-refractivity contribution in [1.29, 1.82) is 0 Å². The number of nitrogens with one attached hydrogen (secondary N) is 1. The summed E-state index contributed by atoms with van der Waals surface area (Å²) in [6.07, 6.45) is 0.665. The molecule has 13 heteroatoms. The van der Waals surface area contributed by atoms with E-state index in [0.717, 1.165) is 12.4 Å². The molecule has 1 rings (SSSR count). The molecular formula is C7H7Cl2N4O6P. The van der Waals surface area contributed by atoms with Gasteiger partial charge in [-0.25, -0.2) is 9.88 Å². The van der Waals surface area contributed by atoms with Crippen molar-refractivity contribution in [2.24, 2.45) is 0 Å². The number of hydrogen-bond donors (Lipinski definition) is 1. The molecule has 1 amide bonds. The maximum Gasteiger partial charge on any atom is 0.441 e. The Labute approximate surface area is 121 Å². The van der Waals surface area contributed by atoms with E-state index < -0.39 is 35.5 Å². The van der Waals surface area contributed by atoms with Crippen LogP contribution in [0.5, 0.6) is 0 Å². The Morgan fingerprint density at radius 1 is 1.55 bits per heavy atom. The number of imidazole rings is 1. The Morgan fingerprint density at radius 3 is 2.75 bits per heavy atom. The third-order valence-corrected chi connectivity index (χ3v) is 2.77. The predicted molar refractivity (Wildman–Crippen MR) is 67.9 cm³/mol. The molecule has 0 bridgehead atoms. The fraction of sp³-hybridized carbons (Fsp3) is 0.286. The Kier molecular flexibility index (Phi) is 5.49. The van der Waals surface area contributed by atoms with Gasteiger partial charge in [-0.3, -0.25) is 9.36 Å². The van der Waals surface area contributed by atoms with E-state index in [1.54, 1.807) is 5.09 Å². The van der Waals surface area contributed by atoms with Gasteiger partial charge < -0.3 is 14.9 Å². The lowest BCUT2D eigenvalue weighted by atomic mass is 10.4. The molecule has 20 heavy (non-hydrogen) atoms. The number of amides is 1. The van der Waals surface area contributed by atoms with Crippen LogP contribution in [-0.4, -0.2) is 33.1 Å². The first-order chi connectivity index (χ1) is 9.20. The van der Waals surface area contributed by atoms with Crippen LogP contribution in [0.25, 0.3) is 0 Å². The van der Waals surface area contributed by atoms with Crippen molar-refractivity contribution in [3.05, 3.63) is 22.5 Å². The van der Waals surface area contributed by atoms with Crippen LogP contribution in [0.3, 0.4) is 0 Å². The average Bonchev–Trinajstić information content (AvgIpc) is 2.74. The molecule has 0 saturated heterocycles. The molecule has 0 spiro atoms. The highest BCUT2D eigenvalue weighted by Gasteiger charge is 2.22. The highest BCUT2D eigenvalue weighted by atomic mass is 35.9. The van der Waals surface area contributed by atoms with Crippen LogP contribution >= 0.6 is 28.5 Å². The fourth-order valence-corrected chi connectivity index (χ4v) is 1.81. The number of carbonyl (C=O) groups is 2. The van der Waals surface area contributed by atoms with Crippen LogP contribution in [0.1, 0.15) is 11.2 Å². The second-order valence-electron chi connectivity index (χ2n) is 3.21. The van der Waals surface area contributed by atoms with E-state index in [-0.39, 0.29) is 6.42 Å². The van der Waals surface area contributed by atoms with E-state index in [4.69, 9.17) is 22.5 Å². The number of hydrogen-bond acceptors (Lipinski definition) is 7. The Hall–Kier alpha value is -1.64. The molecule has 1 N–H and O–H groups in total. The van der Waals surface area contributed by atoms with Gasteiger partial charge >= 0.3 is 18.0 Å². The van der Waals surface area contributed by atoms with E-state index in [2.05, 4.69) is 9.72 Å². The molecule has 1 aromatic heterocycles. The van der Waals surface area contributed by atoms with Crippen LogP contribution in [-0.2, 0) is 9.30 Å². The molecule has 0 aromatic carbocycles. The summed E-state index contributed by atoms with van der Waals surface area (Å²) >= 11 is 10.1. The Balaban J connectivity index is 2.48. The summed E-state index contributed by atoms with van der Waals surface area (Å²) in [5.41, 5.74) is 0. The summed E-state index contributed by atoms with van der Waals surface area (Å²) in [5.74, 6) is -5.18. The SMILES string of the molecule is O=C(NP(=O)(Cl)Cl)OCCC(=O)n1ccnc1[N+](=O)[O-]. The van der Waals surface area contributed by atoms with Crippen molar-refractivity contribution in [3.63, 3.8) is 0 Å². The van der Waals surface area contributed by atoms with Crippen molar-refractivity contribution >= 4 is 46.4 Å². The summed E-state index contributed by atoms with van der Waals surface area (Å²) in [5, 5.41) is 12.2. The van der Waals surface area contributed by atoms with Crippen LogP contribution in [0.4, 0.5) is 10.7 Å². The third-order valence-electron chi connectivity index (χ3n) is 1.82. The average molecular weight is 345 g/mol. The van der Waals surface area contributed by atoms with Gasteiger partial charge in [0.15, 0.2) is 0 Å². The maximum absolute atomic E-state index is 11.6. The summed E-state index contributed by atoms with van der Waals surface area (Å²) < 4.78 is 16.0. The number of nitrogens with zero attached hydrogens (tertiary/aromatic N) is 3. The van der Waals surface area contributed by atoms with Gasteiger partial charge in [0.05, 0.1) is 6.42 Å². The second kappa shape index (κ2) is 6.69. The van der Waals surface area contributed by atoms with Crippen molar-refractivity contribution in [1.82, 2.24) is 14.6 Å². The van der Waals surface area contributed by atoms with Gasteiger partial charge in [-0.05, 0) is 27.4 Å². The summed E-state index contributed by atoms with van der Waals surface area (Å²) in [7, 11) is 0. The Morgan fingerprint density at radius 2 is 2.20 bits per heavy atom. The van der Waals surface area contributed by atoms with E-state index >= 15 is 0 Å². The molecular weight excluding hydrogens is 338 g/mol. The number of halogens is 2. The summed E-state index contributed by atoms with van der Waals surface area (Å²) in [6, 6.07) is 0. The lowest BCUT2D eigenvalue weighted by molar-refractivity contribution is -0.395. The molecule has 110 valence electrons. The first kappa shape index (κ1) is 16.4. The lowest BCUT2D eigenvalue weighted by Crippen LogP contribution is -2.21. The molecule has 0 aliphatic rings. The highest BCUT2D eigenvalue weighted by Crippen LogP contribution is 2.52. The normalized spacial score (nSPS) is 10.9. The van der Waals surface area contributed by atoms with Gasteiger partial charge in [0.25, 0.3) is 5.91 Å². The van der Waals surface area contributed by atoms with Crippen molar-refractivity contribution in [2.45, 2.75) is 6.42 Å². The molecule has 0 atom stereocenters.